The van der Waals surface area contributed by atoms with E-state index < -0.39 is 8.56 Å². The molecule has 1 aromatic carbocycles. The van der Waals surface area contributed by atoms with E-state index in [9.17, 15) is 0 Å². The van der Waals surface area contributed by atoms with Crippen molar-refractivity contribution < 1.29 is 18.3 Å². The second kappa shape index (κ2) is 6.45. The van der Waals surface area contributed by atoms with Gasteiger partial charge in [-0.1, -0.05) is 30.3 Å². The molecule has 0 aromatic heterocycles. The molecule has 100 valence electrons. The molecule has 1 fully saturated rings. The summed E-state index contributed by atoms with van der Waals surface area (Å²) in [5.41, 5.74) is 0. The SMILES string of the molecule is CO[Si](CCOCC1CO1)(OC)c1ccccc1. The van der Waals surface area contributed by atoms with Crippen molar-refractivity contribution in [1.82, 2.24) is 0 Å². The minimum atomic E-state index is -2.34. The van der Waals surface area contributed by atoms with Crippen LogP contribution in [0.1, 0.15) is 0 Å². The number of hydrogen-bond donors (Lipinski definition) is 0. The van der Waals surface area contributed by atoms with Crippen molar-refractivity contribution in [3.8, 4) is 0 Å². The molecular weight excluding hydrogens is 248 g/mol. The average molecular weight is 268 g/mol. The van der Waals surface area contributed by atoms with Crippen LogP contribution in [0, 0.1) is 0 Å². The lowest BCUT2D eigenvalue weighted by Crippen LogP contribution is -2.53. The fourth-order valence-corrected chi connectivity index (χ4v) is 4.39. The Kier molecular flexibility index (Phi) is 4.91. The van der Waals surface area contributed by atoms with Crippen LogP contribution in [0.5, 0.6) is 0 Å². The van der Waals surface area contributed by atoms with Crippen molar-refractivity contribution in [2.45, 2.75) is 12.1 Å². The summed E-state index contributed by atoms with van der Waals surface area (Å²) in [4.78, 5) is 0. The van der Waals surface area contributed by atoms with Crippen LogP contribution in [0.15, 0.2) is 30.3 Å². The number of ether oxygens (including phenoxy) is 2. The van der Waals surface area contributed by atoms with Gasteiger partial charge in [0, 0.05) is 26.9 Å². The Hall–Kier alpha value is -0.723. The van der Waals surface area contributed by atoms with Crippen LogP contribution < -0.4 is 5.19 Å². The van der Waals surface area contributed by atoms with Gasteiger partial charge in [-0.3, -0.25) is 0 Å². The molecule has 0 N–H and O–H groups in total. The molecule has 1 saturated heterocycles. The maximum absolute atomic E-state index is 5.70. The summed E-state index contributed by atoms with van der Waals surface area (Å²) in [6.45, 7) is 2.14. The van der Waals surface area contributed by atoms with E-state index in [0.29, 0.717) is 19.3 Å². The molecular formula is C13H20O4Si. The minimum absolute atomic E-state index is 0.308. The van der Waals surface area contributed by atoms with E-state index >= 15 is 0 Å². The lowest BCUT2D eigenvalue weighted by Gasteiger charge is -2.27. The first kappa shape index (κ1) is 13.7. The predicted octanol–water partition coefficient (Wildman–Crippen LogP) is 1.04. The number of hydrogen-bond acceptors (Lipinski definition) is 4. The second-order valence-electron chi connectivity index (χ2n) is 4.31. The van der Waals surface area contributed by atoms with Gasteiger partial charge < -0.3 is 18.3 Å². The van der Waals surface area contributed by atoms with Crippen molar-refractivity contribution in [1.29, 1.82) is 0 Å². The summed E-state index contributed by atoms with van der Waals surface area (Å²) >= 11 is 0. The van der Waals surface area contributed by atoms with Gasteiger partial charge in [0.1, 0.15) is 6.10 Å². The maximum Gasteiger partial charge on any atom is 0.374 e. The zero-order valence-corrected chi connectivity index (χ0v) is 11.9. The van der Waals surface area contributed by atoms with Gasteiger partial charge in [-0.2, -0.15) is 0 Å². The molecule has 1 heterocycles. The van der Waals surface area contributed by atoms with Crippen LogP contribution in [0.2, 0.25) is 6.04 Å². The number of benzene rings is 1. The number of rotatable bonds is 8. The third kappa shape index (κ3) is 3.40. The van der Waals surface area contributed by atoms with Crippen LogP contribution in [0.4, 0.5) is 0 Å². The molecule has 0 amide bonds. The second-order valence-corrected chi connectivity index (χ2v) is 7.71. The zero-order chi connectivity index (χ0) is 12.8. The maximum atomic E-state index is 5.70. The summed E-state index contributed by atoms with van der Waals surface area (Å²) in [5.74, 6) is 0. The molecule has 4 nitrogen and oxygen atoms in total. The lowest BCUT2D eigenvalue weighted by molar-refractivity contribution is 0.120. The Labute approximate surface area is 109 Å². The van der Waals surface area contributed by atoms with Gasteiger partial charge >= 0.3 is 8.56 Å². The van der Waals surface area contributed by atoms with E-state index in [0.717, 1.165) is 17.8 Å². The molecule has 0 bridgehead atoms. The molecule has 18 heavy (non-hydrogen) atoms. The van der Waals surface area contributed by atoms with Gasteiger partial charge in [0.2, 0.25) is 0 Å². The van der Waals surface area contributed by atoms with Crippen molar-refractivity contribution in [3.05, 3.63) is 30.3 Å². The third-order valence-electron chi connectivity index (χ3n) is 3.15. The van der Waals surface area contributed by atoms with Gasteiger partial charge in [0.15, 0.2) is 0 Å². The fraction of sp³-hybridized carbons (Fsp3) is 0.538. The monoisotopic (exact) mass is 268 g/mol. The normalized spacial score (nSPS) is 18.9. The van der Waals surface area contributed by atoms with Crippen LogP contribution in [0.3, 0.4) is 0 Å². The fourth-order valence-electron chi connectivity index (χ4n) is 1.95. The molecule has 0 spiro atoms. The molecule has 5 heteroatoms. The van der Waals surface area contributed by atoms with E-state index in [-0.39, 0.29) is 0 Å². The molecule has 1 aliphatic rings. The molecule has 1 aromatic rings. The Balaban J connectivity index is 1.92. The summed E-state index contributed by atoms with van der Waals surface area (Å²) < 4.78 is 22.1. The van der Waals surface area contributed by atoms with Gasteiger partial charge in [0.05, 0.1) is 13.2 Å². The van der Waals surface area contributed by atoms with Crippen LogP contribution >= 0.6 is 0 Å². The van der Waals surface area contributed by atoms with E-state index in [2.05, 4.69) is 12.1 Å². The largest absolute Gasteiger partial charge is 0.394 e. The molecule has 1 unspecified atom stereocenters. The predicted molar refractivity (Wildman–Crippen MR) is 71.2 cm³/mol. The van der Waals surface area contributed by atoms with E-state index in [1.807, 2.05) is 18.2 Å². The molecule has 2 rings (SSSR count). The number of epoxide rings is 1. The van der Waals surface area contributed by atoms with Gasteiger partial charge in [-0.15, -0.1) is 0 Å². The highest BCUT2D eigenvalue weighted by Gasteiger charge is 2.37. The van der Waals surface area contributed by atoms with Crippen molar-refractivity contribution in [2.75, 3.05) is 34.0 Å². The topological polar surface area (TPSA) is 40.2 Å². The van der Waals surface area contributed by atoms with E-state index in [1.54, 1.807) is 14.2 Å². The molecule has 0 saturated carbocycles. The molecule has 0 aliphatic carbocycles. The molecule has 1 atom stereocenters. The van der Waals surface area contributed by atoms with Crippen LogP contribution in [-0.4, -0.2) is 48.7 Å². The van der Waals surface area contributed by atoms with Crippen molar-refractivity contribution in [2.24, 2.45) is 0 Å². The van der Waals surface area contributed by atoms with Gasteiger partial charge in [-0.05, 0) is 5.19 Å². The Bertz CT molecular complexity index is 349. The Morgan fingerprint density at radius 3 is 2.44 bits per heavy atom. The molecule has 0 radical (unpaired) electrons. The van der Waals surface area contributed by atoms with E-state index in [1.165, 1.54) is 0 Å². The highest BCUT2D eigenvalue weighted by molar-refractivity contribution is 6.81. The highest BCUT2D eigenvalue weighted by Crippen LogP contribution is 2.14. The van der Waals surface area contributed by atoms with Gasteiger partial charge in [-0.25, -0.2) is 0 Å². The summed E-state index contributed by atoms with van der Waals surface area (Å²) in [6.07, 6.45) is 0.308. The van der Waals surface area contributed by atoms with Crippen molar-refractivity contribution in [3.63, 3.8) is 0 Å². The first-order valence-corrected chi connectivity index (χ1v) is 8.18. The van der Waals surface area contributed by atoms with Crippen molar-refractivity contribution >= 4 is 13.7 Å². The first-order valence-electron chi connectivity index (χ1n) is 6.16. The van der Waals surface area contributed by atoms with Crippen LogP contribution in [-0.2, 0) is 18.3 Å². The Morgan fingerprint density at radius 2 is 1.89 bits per heavy atom. The minimum Gasteiger partial charge on any atom is -0.394 e. The highest BCUT2D eigenvalue weighted by atomic mass is 28.4. The standard InChI is InChI=1S/C13H20O4Si/c1-14-18(15-2,13-6-4-3-5-7-13)9-8-16-10-12-11-17-12/h3-7,12H,8-11H2,1-2H3. The average Bonchev–Trinajstić information content (AvgIpc) is 3.25. The molecule has 1 aliphatic heterocycles. The smallest absolute Gasteiger partial charge is 0.374 e. The van der Waals surface area contributed by atoms with E-state index in [4.69, 9.17) is 18.3 Å². The Morgan fingerprint density at radius 1 is 1.22 bits per heavy atom. The first-order chi connectivity index (χ1) is 8.80. The summed E-state index contributed by atoms with van der Waals surface area (Å²) in [6, 6.07) is 10.9. The zero-order valence-electron chi connectivity index (χ0n) is 10.9. The van der Waals surface area contributed by atoms with Crippen LogP contribution in [0.25, 0.3) is 0 Å². The third-order valence-corrected chi connectivity index (χ3v) is 6.55. The summed E-state index contributed by atoms with van der Waals surface area (Å²) in [7, 11) is 1.09. The van der Waals surface area contributed by atoms with Gasteiger partial charge in [0.25, 0.3) is 0 Å². The quantitative estimate of drug-likeness (QED) is 0.401. The summed E-state index contributed by atoms with van der Waals surface area (Å²) in [5, 5.41) is 1.14. The lowest BCUT2D eigenvalue weighted by atomic mass is 10.4.